The molecule has 132 valence electrons. The Morgan fingerprint density at radius 3 is 2.56 bits per heavy atom. The number of aryl methyl sites for hydroxylation is 2. The van der Waals surface area contributed by atoms with E-state index in [0.29, 0.717) is 30.8 Å². The maximum Gasteiger partial charge on any atom is 0.340 e. The smallest absolute Gasteiger partial charge is 0.340 e. The molecular formula is C20H24N2O3. The number of rotatable bonds is 7. The fourth-order valence-corrected chi connectivity index (χ4v) is 2.42. The number of anilines is 2. The Morgan fingerprint density at radius 2 is 1.80 bits per heavy atom. The van der Waals surface area contributed by atoms with Gasteiger partial charge in [0, 0.05) is 24.3 Å². The van der Waals surface area contributed by atoms with E-state index in [1.165, 1.54) is 0 Å². The quantitative estimate of drug-likeness (QED) is 0.750. The number of ether oxygens (including phenoxy) is 1. The number of carbonyl (C=O) groups is 2. The van der Waals surface area contributed by atoms with Crippen LogP contribution >= 0.6 is 0 Å². The van der Waals surface area contributed by atoms with Crippen molar-refractivity contribution in [3.63, 3.8) is 0 Å². The fraction of sp³-hybridized carbons (Fsp3) is 0.300. The van der Waals surface area contributed by atoms with Gasteiger partial charge in [-0.05, 0) is 50.1 Å². The molecule has 2 aromatic rings. The predicted molar refractivity (Wildman–Crippen MR) is 100 cm³/mol. The highest BCUT2D eigenvalue weighted by Gasteiger charge is 2.12. The van der Waals surface area contributed by atoms with Crippen molar-refractivity contribution in [1.82, 2.24) is 0 Å². The van der Waals surface area contributed by atoms with Gasteiger partial charge in [-0.25, -0.2) is 4.79 Å². The molecule has 1 amide bonds. The number of para-hydroxylation sites is 1. The van der Waals surface area contributed by atoms with Crippen LogP contribution in [0.5, 0.6) is 0 Å². The summed E-state index contributed by atoms with van der Waals surface area (Å²) in [6.45, 7) is 6.47. The first kappa shape index (κ1) is 18.5. The van der Waals surface area contributed by atoms with Gasteiger partial charge in [-0.15, -0.1) is 0 Å². The first-order chi connectivity index (χ1) is 12.0. The van der Waals surface area contributed by atoms with Gasteiger partial charge in [0.15, 0.2) is 0 Å². The van der Waals surface area contributed by atoms with E-state index in [2.05, 4.69) is 10.6 Å². The largest absolute Gasteiger partial charge is 0.462 e. The van der Waals surface area contributed by atoms with Crippen molar-refractivity contribution in [3.05, 3.63) is 59.2 Å². The molecule has 0 aliphatic carbocycles. The van der Waals surface area contributed by atoms with Crippen molar-refractivity contribution < 1.29 is 14.3 Å². The molecule has 0 aliphatic rings. The lowest BCUT2D eigenvalue weighted by molar-refractivity contribution is -0.115. The van der Waals surface area contributed by atoms with Crippen LogP contribution in [0, 0.1) is 13.8 Å². The van der Waals surface area contributed by atoms with Gasteiger partial charge in [-0.2, -0.15) is 0 Å². The minimum atomic E-state index is -0.370. The Labute approximate surface area is 148 Å². The third kappa shape index (κ3) is 5.35. The Hall–Kier alpha value is -2.82. The number of benzene rings is 2. The molecule has 0 saturated carbocycles. The zero-order valence-corrected chi connectivity index (χ0v) is 14.9. The summed E-state index contributed by atoms with van der Waals surface area (Å²) in [7, 11) is 0. The molecule has 0 fully saturated rings. The molecule has 0 unspecified atom stereocenters. The van der Waals surface area contributed by atoms with Crippen LogP contribution in [-0.4, -0.2) is 25.0 Å². The van der Waals surface area contributed by atoms with Gasteiger partial charge >= 0.3 is 5.97 Å². The molecule has 2 rings (SSSR count). The number of hydrogen-bond donors (Lipinski definition) is 2. The number of carbonyl (C=O) groups excluding carboxylic acids is 2. The highest BCUT2D eigenvalue weighted by Crippen LogP contribution is 2.18. The van der Waals surface area contributed by atoms with Crippen LogP contribution in [0.15, 0.2) is 42.5 Å². The van der Waals surface area contributed by atoms with Crippen LogP contribution in [0.1, 0.15) is 34.8 Å². The Morgan fingerprint density at radius 1 is 1.04 bits per heavy atom. The summed E-state index contributed by atoms with van der Waals surface area (Å²) in [6.07, 6.45) is 0.296. The molecule has 0 atom stereocenters. The molecule has 5 heteroatoms. The van der Waals surface area contributed by atoms with Crippen LogP contribution in [-0.2, 0) is 9.53 Å². The molecule has 0 saturated heterocycles. The Balaban J connectivity index is 1.91. The van der Waals surface area contributed by atoms with Crippen molar-refractivity contribution in [2.45, 2.75) is 27.2 Å². The maximum atomic E-state index is 12.1. The van der Waals surface area contributed by atoms with E-state index in [1.807, 2.05) is 38.1 Å². The molecule has 25 heavy (non-hydrogen) atoms. The lowest BCUT2D eigenvalue weighted by atomic mass is 10.1. The molecule has 0 aliphatic heterocycles. The van der Waals surface area contributed by atoms with E-state index < -0.39 is 0 Å². The van der Waals surface area contributed by atoms with E-state index >= 15 is 0 Å². The number of hydrogen-bond acceptors (Lipinski definition) is 4. The molecule has 0 heterocycles. The average molecular weight is 340 g/mol. The standard InChI is InChI=1S/C20H24N2O3/c1-4-25-20(24)16-7-5-6-8-17(16)21-12-11-19(23)22-18-13-14(2)9-10-15(18)3/h5-10,13,21H,4,11-12H2,1-3H3,(H,22,23). The van der Waals surface area contributed by atoms with Gasteiger partial charge in [0.1, 0.15) is 0 Å². The Bertz CT molecular complexity index is 756. The van der Waals surface area contributed by atoms with Crippen molar-refractivity contribution in [2.75, 3.05) is 23.8 Å². The van der Waals surface area contributed by atoms with Crippen LogP contribution in [0.3, 0.4) is 0 Å². The average Bonchev–Trinajstić information content (AvgIpc) is 2.59. The van der Waals surface area contributed by atoms with Crippen LogP contribution in [0.2, 0.25) is 0 Å². The number of esters is 1. The highest BCUT2D eigenvalue weighted by atomic mass is 16.5. The monoisotopic (exact) mass is 340 g/mol. The van der Waals surface area contributed by atoms with Gasteiger partial charge in [0.2, 0.25) is 5.91 Å². The Kier molecular flexibility index (Phi) is 6.57. The molecule has 2 aromatic carbocycles. The van der Waals surface area contributed by atoms with Crippen molar-refractivity contribution in [3.8, 4) is 0 Å². The van der Waals surface area contributed by atoms with Crippen molar-refractivity contribution in [2.24, 2.45) is 0 Å². The van der Waals surface area contributed by atoms with Gasteiger partial charge < -0.3 is 15.4 Å². The maximum absolute atomic E-state index is 12.1. The SMILES string of the molecule is CCOC(=O)c1ccccc1NCCC(=O)Nc1cc(C)ccc1C. The molecule has 0 spiro atoms. The summed E-state index contributed by atoms with van der Waals surface area (Å²) in [5, 5.41) is 6.06. The van der Waals surface area contributed by atoms with Gasteiger partial charge in [0.05, 0.1) is 12.2 Å². The minimum absolute atomic E-state index is 0.0742. The molecule has 0 aromatic heterocycles. The third-order valence-electron chi connectivity index (χ3n) is 3.76. The molecule has 0 radical (unpaired) electrons. The van der Waals surface area contributed by atoms with Crippen LogP contribution in [0.4, 0.5) is 11.4 Å². The number of amides is 1. The normalized spacial score (nSPS) is 10.2. The number of nitrogens with one attached hydrogen (secondary N) is 2. The van der Waals surface area contributed by atoms with Crippen molar-refractivity contribution in [1.29, 1.82) is 0 Å². The molecule has 2 N–H and O–H groups in total. The topological polar surface area (TPSA) is 67.4 Å². The molecule has 5 nitrogen and oxygen atoms in total. The van der Waals surface area contributed by atoms with Crippen molar-refractivity contribution >= 4 is 23.3 Å². The second-order valence-corrected chi connectivity index (χ2v) is 5.81. The van der Waals surface area contributed by atoms with E-state index in [1.54, 1.807) is 25.1 Å². The minimum Gasteiger partial charge on any atom is -0.462 e. The van der Waals surface area contributed by atoms with E-state index in [4.69, 9.17) is 4.74 Å². The van der Waals surface area contributed by atoms with E-state index in [0.717, 1.165) is 16.8 Å². The van der Waals surface area contributed by atoms with E-state index in [-0.39, 0.29) is 11.9 Å². The summed E-state index contributed by atoms with van der Waals surface area (Å²) in [6, 6.07) is 13.1. The summed E-state index contributed by atoms with van der Waals surface area (Å²) in [5.41, 5.74) is 4.10. The van der Waals surface area contributed by atoms with Gasteiger partial charge in [-0.1, -0.05) is 24.3 Å². The van der Waals surface area contributed by atoms with Crippen LogP contribution in [0.25, 0.3) is 0 Å². The summed E-state index contributed by atoms with van der Waals surface area (Å²) >= 11 is 0. The lowest BCUT2D eigenvalue weighted by Gasteiger charge is -2.12. The fourth-order valence-electron chi connectivity index (χ4n) is 2.42. The summed E-state index contributed by atoms with van der Waals surface area (Å²) < 4.78 is 5.04. The molecule has 0 bridgehead atoms. The summed E-state index contributed by atoms with van der Waals surface area (Å²) in [4.78, 5) is 24.1. The first-order valence-corrected chi connectivity index (χ1v) is 8.38. The zero-order valence-electron chi connectivity index (χ0n) is 14.9. The predicted octanol–water partition coefficient (Wildman–Crippen LogP) is 3.92. The van der Waals surface area contributed by atoms with E-state index in [9.17, 15) is 9.59 Å². The van der Waals surface area contributed by atoms with Gasteiger partial charge in [-0.3, -0.25) is 4.79 Å². The third-order valence-corrected chi connectivity index (χ3v) is 3.76. The van der Waals surface area contributed by atoms with Crippen LogP contribution < -0.4 is 10.6 Å². The highest BCUT2D eigenvalue weighted by molar-refractivity contribution is 5.96. The lowest BCUT2D eigenvalue weighted by Crippen LogP contribution is -2.18. The second kappa shape index (κ2) is 8.87. The molecular weight excluding hydrogens is 316 g/mol. The first-order valence-electron chi connectivity index (χ1n) is 8.38. The zero-order chi connectivity index (χ0) is 18.2. The summed E-state index contributed by atoms with van der Waals surface area (Å²) in [5.74, 6) is -0.444. The second-order valence-electron chi connectivity index (χ2n) is 5.81. The van der Waals surface area contributed by atoms with Gasteiger partial charge in [0.25, 0.3) is 0 Å².